The van der Waals surface area contributed by atoms with Gasteiger partial charge in [0.05, 0.1) is 0 Å². The van der Waals surface area contributed by atoms with Crippen LogP contribution in [0, 0.1) is 5.82 Å². The molecule has 132 valence electrons. The van der Waals surface area contributed by atoms with Crippen molar-refractivity contribution >= 4 is 11.9 Å². The van der Waals surface area contributed by atoms with E-state index in [1.54, 1.807) is 18.2 Å². The first-order valence-corrected chi connectivity index (χ1v) is 8.69. The minimum atomic E-state index is -0.324. The van der Waals surface area contributed by atoms with Crippen molar-refractivity contribution in [2.45, 2.75) is 38.5 Å². The zero-order chi connectivity index (χ0) is 17.2. The summed E-state index contributed by atoms with van der Waals surface area (Å²) in [6.07, 6.45) is 5.26. The summed E-state index contributed by atoms with van der Waals surface area (Å²) < 4.78 is 13.4. The summed E-state index contributed by atoms with van der Waals surface area (Å²) in [7, 11) is 0. The lowest BCUT2D eigenvalue weighted by molar-refractivity contribution is -0.131. The van der Waals surface area contributed by atoms with Gasteiger partial charge in [0, 0.05) is 32.6 Å². The van der Waals surface area contributed by atoms with E-state index >= 15 is 0 Å². The van der Waals surface area contributed by atoms with E-state index in [1.165, 1.54) is 18.9 Å². The number of amides is 3. The van der Waals surface area contributed by atoms with E-state index in [1.807, 2.05) is 4.90 Å². The van der Waals surface area contributed by atoms with Crippen molar-refractivity contribution < 1.29 is 14.0 Å². The van der Waals surface area contributed by atoms with Crippen LogP contribution in [0.3, 0.4) is 0 Å². The second kappa shape index (κ2) is 9.90. The summed E-state index contributed by atoms with van der Waals surface area (Å²) in [5.41, 5.74) is 0.578. The standard InChI is InChI=1S/C18H26FN3O2/c19-16-8-4-3-7-15(16)9-11-20-18(24)21-12-10-17(23)22-13-5-1-2-6-14-22/h3-4,7-8H,1-2,5-6,9-14H2,(H2,20,21,24). The molecule has 1 heterocycles. The van der Waals surface area contributed by atoms with E-state index in [2.05, 4.69) is 10.6 Å². The highest BCUT2D eigenvalue weighted by molar-refractivity contribution is 5.78. The Hall–Kier alpha value is -2.11. The molecule has 1 aromatic carbocycles. The number of likely N-dealkylation sites (tertiary alicyclic amines) is 1. The summed E-state index contributed by atoms with van der Waals surface area (Å²) in [5, 5.41) is 5.36. The molecule has 1 saturated heterocycles. The van der Waals surface area contributed by atoms with Gasteiger partial charge in [0.2, 0.25) is 5.91 Å². The molecule has 0 aromatic heterocycles. The minimum Gasteiger partial charge on any atom is -0.343 e. The third kappa shape index (κ3) is 6.18. The number of halogens is 1. The SMILES string of the molecule is O=C(NCCC(=O)N1CCCCCC1)NCCc1ccccc1F. The van der Waals surface area contributed by atoms with E-state index in [0.717, 1.165) is 25.9 Å². The highest BCUT2D eigenvalue weighted by Gasteiger charge is 2.15. The van der Waals surface area contributed by atoms with Gasteiger partial charge in [-0.25, -0.2) is 9.18 Å². The molecule has 5 nitrogen and oxygen atoms in total. The number of nitrogens with one attached hydrogen (secondary N) is 2. The molecular weight excluding hydrogens is 309 g/mol. The van der Waals surface area contributed by atoms with E-state index in [4.69, 9.17) is 0 Å². The van der Waals surface area contributed by atoms with Crippen LogP contribution in [-0.2, 0) is 11.2 Å². The molecule has 1 aliphatic rings. The first kappa shape index (κ1) is 18.2. The highest BCUT2D eigenvalue weighted by atomic mass is 19.1. The molecule has 0 saturated carbocycles. The summed E-state index contributed by atoms with van der Waals surface area (Å²) in [6.45, 7) is 2.33. The number of benzene rings is 1. The van der Waals surface area contributed by atoms with Crippen LogP contribution in [0.2, 0.25) is 0 Å². The van der Waals surface area contributed by atoms with Gasteiger partial charge in [-0.1, -0.05) is 31.0 Å². The first-order valence-electron chi connectivity index (χ1n) is 8.69. The van der Waals surface area contributed by atoms with Gasteiger partial charge < -0.3 is 15.5 Å². The Morgan fingerprint density at radius 3 is 2.38 bits per heavy atom. The van der Waals surface area contributed by atoms with Crippen LogP contribution in [-0.4, -0.2) is 43.0 Å². The molecule has 0 spiro atoms. The lowest BCUT2D eigenvalue weighted by Crippen LogP contribution is -2.39. The van der Waals surface area contributed by atoms with Crippen molar-refractivity contribution in [1.29, 1.82) is 0 Å². The van der Waals surface area contributed by atoms with Gasteiger partial charge >= 0.3 is 6.03 Å². The van der Waals surface area contributed by atoms with E-state index in [9.17, 15) is 14.0 Å². The molecule has 2 rings (SSSR count). The molecule has 6 heteroatoms. The van der Waals surface area contributed by atoms with Gasteiger partial charge in [-0.05, 0) is 30.9 Å². The molecule has 0 atom stereocenters. The molecule has 24 heavy (non-hydrogen) atoms. The Balaban J connectivity index is 1.59. The highest BCUT2D eigenvalue weighted by Crippen LogP contribution is 2.10. The average Bonchev–Trinajstić information content (AvgIpc) is 2.86. The van der Waals surface area contributed by atoms with E-state index < -0.39 is 0 Å². The van der Waals surface area contributed by atoms with Crippen LogP contribution in [0.1, 0.15) is 37.7 Å². The molecule has 2 N–H and O–H groups in total. The maximum Gasteiger partial charge on any atom is 0.314 e. The van der Waals surface area contributed by atoms with Crippen molar-refractivity contribution in [1.82, 2.24) is 15.5 Å². The Kier molecular flexibility index (Phi) is 7.52. The third-order valence-electron chi connectivity index (χ3n) is 4.22. The number of hydrogen-bond acceptors (Lipinski definition) is 2. The van der Waals surface area contributed by atoms with Crippen LogP contribution in [0.25, 0.3) is 0 Å². The molecule has 0 radical (unpaired) electrons. The molecule has 3 amide bonds. The lowest BCUT2D eigenvalue weighted by Gasteiger charge is -2.20. The maximum atomic E-state index is 13.4. The lowest BCUT2D eigenvalue weighted by atomic mass is 10.1. The summed E-state index contributed by atoms with van der Waals surface area (Å²) in [4.78, 5) is 25.7. The van der Waals surface area contributed by atoms with Crippen LogP contribution >= 0.6 is 0 Å². The number of urea groups is 1. The average molecular weight is 335 g/mol. The smallest absolute Gasteiger partial charge is 0.314 e. The van der Waals surface area contributed by atoms with Crippen LogP contribution in [0.5, 0.6) is 0 Å². The van der Waals surface area contributed by atoms with Crippen LogP contribution < -0.4 is 10.6 Å². The van der Waals surface area contributed by atoms with Crippen molar-refractivity contribution in [2.75, 3.05) is 26.2 Å². The summed E-state index contributed by atoms with van der Waals surface area (Å²) in [6, 6.07) is 6.20. The number of carbonyl (C=O) groups is 2. The largest absolute Gasteiger partial charge is 0.343 e. The van der Waals surface area contributed by atoms with Gasteiger partial charge in [-0.3, -0.25) is 4.79 Å². The molecule has 0 bridgehead atoms. The third-order valence-corrected chi connectivity index (χ3v) is 4.22. The van der Waals surface area contributed by atoms with Crippen LogP contribution in [0.15, 0.2) is 24.3 Å². The quantitative estimate of drug-likeness (QED) is 0.839. The molecule has 0 unspecified atom stereocenters. The summed E-state index contributed by atoms with van der Waals surface area (Å²) in [5.74, 6) is -0.161. The molecule has 1 fully saturated rings. The topological polar surface area (TPSA) is 61.4 Å². The van der Waals surface area contributed by atoms with E-state index in [-0.39, 0.29) is 17.8 Å². The Bertz CT molecular complexity index is 543. The minimum absolute atomic E-state index is 0.101. The fourth-order valence-corrected chi connectivity index (χ4v) is 2.84. The second-order valence-electron chi connectivity index (χ2n) is 6.07. The van der Waals surface area contributed by atoms with Crippen molar-refractivity contribution in [2.24, 2.45) is 0 Å². The van der Waals surface area contributed by atoms with Gasteiger partial charge in [0.25, 0.3) is 0 Å². The zero-order valence-electron chi connectivity index (χ0n) is 14.0. The number of carbonyl (C=O) groups excluding carboxylic acids is 2. The maximum absolute atomic E-state index is 13.4. The Morgan fingerprint density at radius 1 is 1.00 bits per heavy atom. The van der Waals surface area contributed by atoms with Crippen molar-refractivity contribution in [3.8, 4) is 0 Å². The monoisotopic (exact) mass is 335 g/mol. The van der Waals surface area contributed by atoms with Gasteiger partial charge in [0.1, 0.15) is 5.82 Å². The molecule has 1 aliphatic heterocycles. The molecular formula is C18H26FN3O2. The zero-order valence-corrected chi connectivity index (χ0v) is 14.0. The van der Waals surface area contributed by atoms with Gasteiger partial charge in [-0.15, -0.1) is 0 Å². The first-order chi connectivity index (χ1) is 11.7. The Morgan fingerprint density at radius 2 is 1.67 bits per heavy atom. The number of nitrogens with zero attached hydrogens (tertiary/aromatic N) is 1. The fraction of sp³-hybridized carbons (Fsp3) is 0.556. The number of hydrogen-bond donors (Lipinski definition) is 2. The second-order valence-corrected chi connectivity index (χ2v) is 6.07. The molecule has 0 aliphatic carbocycles. The predicted octanol–water partition coefficient (Wildman–Crippen LogP) is 2.46. The van der Waals surface area contributed by atoms with Crippen molar-refractivity contribution in [3.05, 3.63) is 35.6 Å². The predicted molar refractivity (Wildman–Crippen MR) is 91.2 cm³/mol. The van der Waals surface area contributed by atoms with Gasteiger partial charge in [0.15, 0.2) is 0 Å². The normalized spacial score (nSPS) is 14.8. The van der Waals surface area contributed by atoms with E-state index in [0.29, 0.717) is 31.5 Å². The fourth-order valence-electron chi connectivity index (χ4n) is 2.84. The van der Waals surface area contributed by atoms with Gasteiger partial charge in [-0.2, -0.15) is 0 Å². The van der Waals surface area contributed by atoms with Crippen molar-refractivity contribution in [3.63, 3.8) is 0 Å². The van der Waals surface area contributed by atoms with Crippen LogP contribution in [0.4, 0.5) is 9.18 Å². The summed E-state index contributed by atoms with van der Waals surface area (Å²) >= 11 is 0. The Labute approximate surface area is 142 Å². The number of rotatable bonds is 6. The molecule has 1 aromatic rings.